The first-order valence-corrected chi connectivity index (χ1v) is 15.0. The van der Waals surface area contributed by atoms with Gasteiger partial charge in [0.25, 0.3) is 0 Å². The first-order chi connectivity index (χ1) is 15.6. The van der Waals surface area contributed by atoms with Gasteiger partial charge in [-0.15, -0.1) is 0 Å². The van der Waals surface area contributed by atoms with E-state index < -0.39 is 0 Å². The predicted octanol–water partition coefficient (Wildman–Crippen LogP) is 11.2. The van der Waals surface area contributed by atoms with E-state index in [0.717, 1.165) is 23.7 Å². The van der Waals surface area contributed by atoms with Crippen LogP contribution >= 0.6 is 0 Å². The van der Waals surface area contributed by atoms with Crippen LogP contribution in [0.1, 0.15) is 146 Å². The molecule has 0 aromatic carbocycles. The highest BCUT2D eigenvalue weighted by atomic mass is 14.6. The summed E-state index contributed by atoms with van der Waals surface area (Å²) in [5, 5.41) is 0. The summed E-state index contributed by atoms with van der Waals surface area (Å²) in [6, 6.07) is 0. The summed E-state index contributed by atoms with van der Waals surface area (Å²) in [4.78, 5) is 0. The zero-order chi connectivity index (χ0) is 24.9. The van der Waals surface area contributed by atoms with Crippen LogP contribution in [0.15, 0.2) is 23.3 Å². The number of hydrogen-bond donors (Lipinski definition) is 0. The maximum absolute atomic E-state index is 2.69. The van der Waals surface area contributed by atoms with Crippen molar-refractivity contribution in [3.63, 3.8) is 0 Å². The Bertz CT molecular complexity index is 658. The lowest BCUT2D eigenvalue weighted by atomic mass is 9.50. The monoisotopic (exact) mass is 456 g/mol. The van der Waals surface area contributed by atoms with Crippen LogP contribution in [0.2, 0.25) is 0 Å². The van der Waals surface area contributed by atoms with Crippen molar-refractivity contribution in [3.8, 4) is 0 Å². The van der Waals surface area contributed by atoms with Gasteiger partial charge in [0.05, 0.1) is 0 Å². The molecule has 0 heteroatoms. The summed E-state index contributed by atoms with van der Waals surface area (Å²) < 4.78 is 0. The Morgan fingerprint density at radius 1 is 0.818 bits per heavy atom. The van der Waals surface area contributed by atoms with Crippen molar-refractivity contribution in [3.05, 3.63) is 23.3 Å². The van der Waals surface area contributed by atoms with Crippen molar-refractivity contribution in [2.24, 2.45) is 39.9 Å². The van der Waals surface area contributed by atoms with Gasteiger partial charge in [-0.25, -0.2) is 0 Å². The van der Waals surface area contributed by atoms with Gasteiger partial charge in [-0.1, -0.05) is 112 Å². The van der Waals surface area contributed by atoms with E-state index in [9.17, 15) is 0 Å². The first-order valence-electron chi connectivity index (χ1n) is 15.0. The molecule has 0 radical (unpaired) electrons. The first kappa shape index (κ1) is 28.7. The predicted molar refractivity (Wildman–Crippen MR) is 150 cm³/mol. The number of allylic oxidation sites excluding steroid dienone is 4. The molecule has 33 heavy (non-hydrogen) atoms. The summed E-state index contributed by atoms with van der Waals surface area (Å²) in [6.45, 7) is 22.9. The van der Waals surface area contributed by atoms with Gasteiger partial charge < -0.3 is 0 Å². The van der Waals surface area contributed by atoms with E-state index in [-0.39, 0.29) is 0 Å². The minimum atomic E-state index is 0.489. The molecule has 6 atom stereocenters. The van der Waals surface area contributed by atoms with Crippen molar-refractivity contribution in [2.45, 2.75) is 146 Å². The molecule has 0 aromatic rings. The fourth-order valence-electron chi connectivity index (χ4n) is 7.99. The molecule has 0 amide bonds. The van der Waals surface area contributed by atoms with Crippen LogP contribution in [-0.2, 0) is 0 Å². The third-order valence-corrected chi connectivity index (χ3v) is 9.99. The fraction of sp³-hybridized carbons (Fsp3) is 0.879. The highest BCUT2D eigenvalue weighted by Crippen LogP contribution is 2.65. The third kappa shape index (κ3) is 6.19. The molecular weight excluding hydrogens is 396 g/mol. The average molecular weight is 457 g/mol. The normalized spacial score (nSPS) is 37.2. The topological polar surface area (TPSA) is 0 Å². The second-order valence-corrected chi connectivity index (χ2v) is 13.2. The minimum Gasteiger partial charge on any atom is -0.0683 e. The summed E-state index contributed by atoms with van der Waals surface area (Å²) in [5.41, 5.74) is 5.27. The molecule has 6 unspecified atom stereocenters. The molecular formula is C33H60. The van der Waals surface area contributed by atoms with Crippen LogP contribution < -0.4 is 0 Å². The standard InChI is InChI=1S/C29H48.2C2H6/c1-21-15-18-29(6)23(20-21)11-13-24-25-14-12-22(28(25,5)19-16-26(24)29)10-8-7-9-17-27(2,3)4;2*1-2/h11,13,21-22,25-26H,7-10,12,14-20H2,1-6H3;2*1-2H3. The maximum atomic E-state index is 2.69. The Labute approximate surface area is 209 Å². The molecule has 3 saturated carbocycles. The van der Waals surface area contributed by atoms with Gasteiger partial charge >= 0.3 is 0 Å². The highest BCUT2D eigenvalue weighted by Gasteiger charge is 2.55. The van der Waals surface area contributed by atoms with Crippen molar-refractivity contribution in [1.29, 1.82) is 0 Å². The molecule has 0 spiro atoms. The van der Waals surface area contributed by atoms with Crippen LogP contribution in [0.4, 0.5) is 0 Å². The summed E-state index contributed by atoms with van der Waals surface area (Å²) in [5.74, 6) is 3.62. The van der Waals surface area contributed by atoms with Crippen LogP contribution in [0.3, 0.4) is 0 Å². The van der Waals surface area contributed by atoms with E-state index in [4.69, 9.17) is 0 Å². The lowest BCUT2D eigenvalue weighted by molar-refractivity contribution is 0.0613. The maximum Gasteiger partial charge on any atom is -0.00474 e. The average Bonchev–Trinajstić information content (AvgIpc) is 3.12. The smallest absolute Gasteiger partial charge is 0.00474 e. The molecule has 3 fully saturated rings. The van der Waals surface area contributed by atoms with Gasteiger partial charge in [-0.3, -0.25) is 0 Å². The molecule has 4 aliphatic carbocycles. The van der Waals surface area contributed by atoms with Crippen LogP contribution in [0.5, 0.6) is 0 Å². The molecule has 0 N–H and O–H groups in total. The lowest BCUT2D eigenvalue weighted by Gasteiger charge is -2.55. The van der Waals surface area contributed by atoms with Crippen molar-refractivity contribution < 1.29 is 0 Å². The zero-order valence-electron chi connectivity index (χ0n) is 24.4. The Kier molecular flexibility index (Phi) is 10.4. The Balaban J connectivity index is 0.000000914. The van der Waals surface area contributed by atoms with E-state index >= 15 is 0 Å². The van der Waals surface area contributed by atoms with E-state index in [1.54, 1.807) is 5.57 Å². The molecule has 4 aliphatic rings. The summed E-state index contributed by atoms with van der Waals surface area (Å²) in [6.07, 6.45) is 22.6. The van der Waals surface area contributed by atoms with Gasteiger partial charge in [-0.2, -0.15) is 0 Å². The molecule has 0 saturated heterocycles. The van der Waals surface area contributed by atoms with Crippen molar-refractivity contribution in [2.75, 3.05) is 0 Å². The highest BCUT2D eigenvalue weighted by molar-refractivity contribution is 5.38. The SMILES string of the molecule is CC.CC.CC1CCC2(C)C(=CC=C3C2CCC2(C)C(CCCCCC(C)(C)C)CCC32)C1. The number of rotatable bonds is 5. The number of fused-ring (bicyclic) bond motifs is 5. The van der Waals surface area contributed by atoms with Crippen molar-refractivity contribution in [1.82, 2.24) is 0 Å². The van der Waals surface area contributed by atoms with Crippen LogP contribution in [0.25, 0.3) is 0 Å². The van der Waals surface area contributed by atoms with Gasteiger partial charge in [0.2, 0.25) is 0 Å². The number of hydrogen-bond acceptors (Lipinski definition) is 0. The van der Waals surface area contributed by atoms with Gasteiger partial charge in [0, 0.05) is 0 Å². The molecule has 0 bridgehead atoms. The Morgan fingerprint density at radius 2 is 1.52 bits per heavy atom. The van der Waals surface area contributed by atoms with Gasteiger partial charge in [0.1, 0.15) is 0 Å². The van der Waals surface area contributed by atoms with Crippen LogP contribution in [0, 0.1) is 39.9 Å². The van der Waals surface area contributed by atoms with E-state index in [2.05, 4.69) is 53.7 Å². The van der Waals surface area contributed by atoms with E-state index in [1.807, 2.05) is 33.3 Å². The van der Waals surface area contributed by atoms with Gasteiger partial charge in [0.15, 0.2) is 0 Å². The number of unbranched alkanes of at least 4 members (excludes halogenated alkanes) is 2. The quantitative estimate of drug-likeness (QED) is 0.361. The van der Waals surface area contributed by atoms with E-state index in [0.29, 0.717) is 16.2 Å². The Morgan fingerprint density at radius 3 is 2.18 bits per heavy atom. The molecule has 0 nitrogen and oxygen atoms in total. The molecule has 192 valence electrons. The van der Waals surface area contributed by atoms with Crippen molar-refractivity contribution >= 4 is 0 Å². The third-order valence-electron chi connectivity index (χ3n) is 9.99. The zero-order valence-corrected chi connectivity index (χ0v) is 24.4. The summed E-state index contributed by atoms with van der Waals surface area (Å²) >= 11 is 0. The van der Waals surface area contributed by atoms with E-state index in [1.165, 1.54) is 77.0 Å². The minimum absolute atomic E-state index is 0.489. The molecule has 4 rings (SSSR count). The molecule has 0 heterocycles. The molecule has 0 aliphatic heterocycles. The largest absolute Gasteiger partial charge is 0.0683 e. The molecule has 0 aromatic heterocycles. The fourth-order valence-corrected chi connectivity index (χ4v) is 7.99. The summed E-state index contributed by atoms with van der Waals surface area (Å²) in [7, 11) is 0. The second-order valence-electron chi connectivity index (χ2n) is 13.2. The van der Waals surface area contributed by atoms with Gasteiger partial charge in [-0.05, 0) is 97.7 Å². The Hall–Kier alpha value is -0.520. The van der Waals surface area contributed by atoms with Crippen LogP contribution in [-0.4, -0.2) is 0 Å². The second kappa shape index (κ2) is 11.9. The lowest BCUT2D eigenvalue weighted by Crippen LogP contribution is -2.45.